The first kappa shape index (κ1) is 21.4. The summed E-state index contributed by atoms with van der Waals surface area (Å²) in [6.45, 7) is 0.170. The van der Waals surface area contributed by atoms with E-state index in [9.17, 15) is 14.7 Å². The third-order valence-electron chi connectivity index (χ3n) is 4.38. The Balaban J connectivity index is 1.85. The Morgan fingerprint density at radius 1 is 1.00 bits per heavy atom. The zero-order valence-electron chi connectivity index (χ0n) is 16.5. The molecule has 0 heterocycles. The van der Waals surface area contributed by atoms with E-state index in [0.717, 1.165) is 5.56 Å². The van der Waals surface area contributed by atoms with Crippen LogP contribution in [0.15, 0.2) is 65.7 Å². The van der Waals surface area contributed by atoms with E-state index >= 15 is 0 Å². The molecule has 0 bridgehead atoms. The summed E-state index contributed by atoms with van der Waals surface area (Å²) in [6.07, 6.45) is 1.50. The van der Waals surface area contributed by atoms with Crippen molar-refractivity contribution in [2.24, 2.45) is 4.99 Å². The van der Waals surface area contributed by atoms with Gasteiger partial charge in [-0.3, -0.25) is 4.99 Å². The molecule has 0 spiro atoms. The Kier molecular flexibility index (Phi) is 6.51. The van der Waals surface area contributed by atoms with Crippen molar-refractivity contribution >= 4 is 23.8 Å². The van der Waals surface area contributed by atoms with E-state index in [-0.39, 0.29) is 23.5 Å². The molecule has 3 rings (SSSR count). The molecule has 0 saturated heterocycles. The SMILES string of the molecule is COc1cccc(C=Nc2ccc(O)c(C(=O)O)c2)c1OCc1ccc(C(=O)O)cc1. The van der Waals surface area contributed by atoms with Crippen molar-refractivity contribution in [3.05, 3.63) is 82.9 Å². The van der Waals surface area contributed by atoms with Gasteiger partial charge in [0, 0.05) is 11.8 Å². The van der Waals surface area contributed by atoms with E-state index in [1.165, 1.54) is 43.7 Å². The number of hydrogen-bond donors (Lipinski definition) is 3. The molecule has 0 aromatic heterocycles. The summed E-state index contributed by atoms with van der Waals surface area (Å²) in [5.41, 5.74) is 1.63. The Morgan fingerprint density at radius 3 is 2.39 bits per heavy atom. The number of nitrogens with zero attached hydrogens (tertiary/aromatic N) is 1. The molecule has 0 amide bonds. The molecule has 158 valence electrons. The van der Waals surface area contributed by atoms with Crippen molar-refractivity contribution in [3.63, 3.8) is 0 Å². The zero-order chi connectivity index (χ0) is 22.4. The summed E-state index contributed by atoms with van der Waals surface area (Å²) in [7, 11) is 1.50. The Labute approximate surface area is 177 Å². The summed E-state index contributed by atoms with van der Waals surface area (Å²) in [6, 6.07) is 15.6. The minimum absolute atomic E-state index is 0.170. The molecule has 0 saturated carbocycles. The number of carbonyl (C=O) groups is 2. The minimum atomic E-state index is -1.26. The minimum Gasteiger partial charge on any atom is -0.507 e. The Hall–Kier alpha value is -4.33. The summed E-state index contributed by atoms with van der Waals surface area (Å²) in [4.78, 5) is 26.4. The molecule has 0 atom stereocenters. The monoisotopic (exact) mass is 421 g/mol. The summed E-state index contributed by atoms with van der Waals surface area (Å²) in [5, 5.41) is 27.8. The van der Waals surface area contributed by atoms with Gasteiger partial charge >= 0.3 is 11.9 Å². The van der Waals surface area contributed by atoms with Crippen molar-refractivity contribution in [2.45, 2.75) is 6.61 Å². The van der Waals surface area contributed by atoms with Crippen LogP contribution >= 0.6 is 0 Å². The van der Waals surface area contributed by atoms with Gasteiger partial charge in [0.15, 0.2) is 11.5 Å². The number of carboxylic acids is 2. The molecule has 0 aliphatic carbocycles. The van der Waals surface area contributed by atoms with Crippen molar-refractivity contribution in [1.82, 2.24) is 0 Å². The smallest absolute Gasteiger partial charge is 0.339 e. The number of rotatable bonds is 8. The molecule has 3 aromatic carbocycles. The Morgan fingerprint density at radius 2 is 1.74 bits per heavy atom. The summed E-state index contributed by atoms with van der Waals surface area (Å²) >= 11 is 0. The fraction of sp³-hybridized carbons (Fsp3) is 0.0870. The van der Waals surface area contributed by atoms with Gasteiger partial charge in [0.1, 0.15) is 17.9 Å². The summed E-state index contributed by atoms with van der Waals surface area (Å²) < 4.78 is 11.3. The van der Waals surface area contributed by atoms with Crippen LogP contribution in [0.25, 0.3) is 0 Å². The van der Waals surface area contributed by atoms with Crippen LogP contribution in [0.1, 0.15) is 31.8 Å². The molecule has 0 aliphatic rings. The number of aliphatic imine (C=N–C) groups is 1. The lowest BCUT2D eigenvalue weighted by atomic mass is 10.1. The first-order valence-corrected chi connectivity index (χ1v) is 9.11. The van der Waals surface area contributed by atoms with Gasteiger partial charge in [-0.15, -0.1) is 0 Å². The first-order chi connectivity index (χ1) is 14.9. The number of methoxy groups -OCH3 is 1. The van der Waals surface area contributed by atoms with Crippen LogP contribution in [-0.2, 0) is 6.61 Å². The number of ether oxygens (including phenoxy) is 2. The number of hydrogen-bond acceptors (Lipinski definition) is 6. The lowest BCUT2D eigenvalue weighted by Crippen LogP contribution is -2.02. The first-order valence-electron chi connectivity index (χ1n) is 9.11. The highest BCUT2D eigenvalue weighted by atomic mass is 16.5. The molecule has 8 heteroatoms. The van der Waals surface area contributed by atoms with Crippen molar-refractivity contribution in [3.8, 4) is 17.2 Å². The number of aromatic hydroxyl groups is 1. The van der Waals surface area contributed by atoms with Crippen LogP contribution in [0.4, 0.5) is 5.69 Å². The highest BCUT2D eigenvalue weighted by Crippen LogP contribution is 2.31. The fourth-order valence-electron chi connectivity index (χ4n) is 2.77. The summed E-state index contributed by atoms with van der Waals surface area (Å²) in [5.74, 6) is -1.70. The quantitative estimate of drug-likeness (QED) is 0.467. The molecule has 0 radical (unpaired) electrons. The average Bonchev–Trinajstić information content (AvgIpc) is 2.77. The van der Waals surface area contributed by atoms with Crippen molar-refractivity contribution in [2.75, 3.05) is 7.11 Å². The number of benzene rings is 3. The molecule has 0 fully saturated rings. The topological polar surface area (TPSA) is 126 Å². The number of para-hydroxylation sites is 1. The van der Waals surface area contributed by atoms with Crippen LogP contribution in [0.3, 0.4) is 0 Å². The van der Waals surface area contributed by atoms with Gasteiger partial charge in [0.05, 0.1) is 18.4 Å². The third kappa shape index (κ3) is 5.18. The molecular weight excluding hydrogens is 402 g/mol. The average molecular weight is 421 g/mol. The van der Waals surface area contributed by atoms with Crippen LogP contribution in [0.2, 0.25) is 0 Å². The van der Waals surface area contributed by atoms with Crippen molar-refractivity contribution < 1.29 is 34.4 Å². The van der Waals surface area contributed by atoms with Gasteiger partial charge in [0.25, 0.3) is 0 Å². The van der Waals surface area contributed by atoms with Gasteiger partial charge in [-0.25, -0.2) is 9.59 Å². The van der Waals surface area contributed by atoms with Crippen LogP contribution in [0, 0.1) is 0 Å². The molecule has 31 heavy (non-hydrogen) atoms. The van der Waals surface area contributed by atoms with Crippen molar-refractivity contribution in [1.29, 1.82) is 0 Å². The molecule has 8 nitrogen and oxygen atoms in total. The normalized spacial score (nSPS) is 10.7. The second kappa shape index (κ2) is 9.45. The molecular formula is C23H19NO7. The van der Waals surface area contributed by atoms with Gasteiger partial charge in [0.2, 0.25) is 0 Å². The maximum Gasteiger partial charge on any atom is 0.339 e. The maximum atomic E-state index is 11.2. The van der Waals surface area contributed by atoms with E-state index in [2.05, 4.69) is 4.99 Å². The fourth-order valence-corrected chi connectivity index (χ4v) is 2.77. The third-order valence-corrected chi connectivity index (χ3v) is 4.38. The van der Waals surface area contributed by atoms with E-state index in [1.54, 1.807) is 30.3 Å². The zero-order valence-corrected chi connectivity index (χ0v) is 16.5. The molecule has 3 N–H and O–H groups in total. The highest BCUT2D eigenvalue weighted by molar-refractivity contribution is 5.93. The Bertz CT molecular complexity index is 1140. The second-order valence-corrected chi connectivity index (χ2v) is 6.43. The van der Waals surface area contributed by atoms with Gasteiger partial charge in [-0.1, -0.05) is 18.2 Å². The maximum absolute atomic E-state index is 11.2. The second-order valence-electron chi connectivity index (χ2n) is 6.43. The predicted octanol–water partition coefficient (Wildman–Crippen LogP) is 4.13. The van der Waals surface area contributed by atoms with Gasteiger partial charge in [-0.2, -0.15) is 0 Å². The van der Waals surface area contributed by atoms with E-state index in [4.69, 9.17) is 19.7 Å². The number of carboxylic acid groups (broad SMARTS) is 2. The predicted molar refractivity (Wildman–Crippen MR) is 113 cm³/mol. The number of aromatic carboxylic acids is 2. The standard InChI is InChI=1S/C23H19NO7/c1-30-20-4-2-3-16(12-24-17-9-10-19(25)18(11-17)23(28)29)21(20)31-13-14-5-7-15(8-6-14)22(26)27/h2-12,25H,13H2,1H3,(H,26,27)(H,28,29). The van der Waals surface area contributed by atoms with Gasteiger partial charge < -0.3 is 24.8 Å². The van der Waals surface area contributed by atoms with Crippen LogP contribution in [-0.4, -0.2) is 40.6 Å². The lowest BCUT2D eigenvalue weighted by molar-refractivity contribution is 0.0684. The molecule has 3 aromatic rings. The van der Waals surface area contributed by atoms with E-state index < -0.39 is 11.9 Å². The number of phenols is 1. The van der Waals surface area contributed by atoms with Gasteiger partial charge in [-0.05, 0) is 48.0 Å². The van der Waals surface area contributed by atoms with Crippen LogP contribution in [0.5, 0.6) is 17.2 Å². The largest absolute Gasteiger partial charge is 0.507 e. The molecule has 0 aliphatic heterocycles. The molecule has 0 unspecified atom stereocenters. The highest BCUT2D eigenvalue weighted by Gasteiger charge is 2.12. The van der Waals surface area contributed by atoms with E-state index in [1.807, 2.05) is 0 Å². The lowest BCUT2D eigenvalue weighted by Gasteiger charge is -2.13. The van der Waals surface area contributed by atoms with E-state index in [0.29, 0.717) is 22.7 Å². The van der Waals surface area contributed by atoms with Crippen LogP contribution < -0.4 is 9.47 Å².